The number of ketones is 1. The molecule has 1 unspecified atom stereocenters. The van der Waals surface area contributed by atoms with Crippen molar-refractivity contribution in [3.05, 3.63) is 12.7 Å². The molecule has 0 aromatic carbocycles. The average Bonchev–Trinajstić information content (AvgIpc) is 2.92. The van der Waals surface area contributed by atoms with Crippen LogP contribution in [0, 0.1) is 17.8 Å². The Hall–Kier alpha value is -3.35. The van der Waals surface area contributed by atoms with Crippen molar-refractivity contribution < 1.29 is 24.0 Å². The van der Waals surface area contributed by atoms with Crippen LogP contribution in [0.5, 0.6) is 0 Å². The number of hydrogen-bond acceptors (Lipinski definition) is 5. The molecule has 0 saturated carbocycles. The molecule has 0 aliphatic carbocycles. The summed E-state index contributed by atoms with van der Waals surface area (Å²) in [6.07, 6.45) is 9.60. The van der Waals surface area contributed by atoms with Crippen LogP contribution in [0.4, 0.5) is 4.79 Å². The van der Waals surface area contributed by atoms with Gasteiger partial charge < -0.3 is 26.2 Å². The summed E-state index contributed by atoms with van der Waals surface area (Å²) in [6, 6.07) is -1.12. The number of amides is 5. The fourth-order valence-electron chi connectivity index (χ4n) is 2.57. The molecule has 0 saturated heterocycles. The summed E-state index contributed by atoms with van der Waals surface area (Å²) in [5.74, 6) is 0.458. The molecule has 0 heterocycles. The van der Waals surface area contributed by atoms with Crippen molar-refractivity contribution in [2.75, 3.05) is 33.7 Å². The molecule has 10 heteroatoms. The van der Waals surface area contributed by atoms with Crippen LogP contribution < -0.4 is 21.3 Å². The van der Waals surface area contributed by atoms with Gasteiger partial charge in [-0.25, -0.2) is 4.79 Å². The third-order valence-electron chi connectivity index (χ3n) is 4.64. The van der Waals surface area contributed by atoms with Crippen LogP contribution in [-0.4, -0.2) is 74.2 Å². The van der Waals surface area contributed by atoms with Crippen molar-refractivity contribution in [1.29, 1.82) is 0 Å². The largest absolute Gasteiger partial charge is 0.348 e. The predicted molar refractivity (Wildman–Crippen MR) is 160 cm³/mol. The van der Waals surface area contributed by atoms with Crippen molar-refractivity contribution in [2.45, 2.75) is 93.5 Å². The van der Waals surface area contributed by atoms with E-state index in [9.17, 15) is 24.0 Å². The summed E-state index contributed by atoms with van der Waals surface area (Å²) in [5, 5.41) is 9.86. The number of Topliss-reactive ketones (excluding diaryl/α,β-unsaturated/α-hetero) is 1. The molecule has 0 spiro atoms. The number of carbonyl (C=O) groups excluding carboxylic acids is 5. The van der Waals surface area contributed by atoms with E-state index in [2.05, 4.69) is 40.7 Å². The SMILES string of the molecule is C#CCCC.C=CCNC(=O)C(=O)CNC(=O)CCCCN(C)C(=O)C(NC(=O)NC)C(C)(C)C.CC.CC. The minimum atomic E-state index is -0.769. The minimum absolute atomic E-state index is 0.169. The number of nitrogens with zero attached hydrogens (tertiary/aromatic N) is 1. The van der Waals surface area contributed by atoms with Gasteiger partial charge in [0.1, 0.15) is 6.04 Å². The molecule has 5 amide bonds. The van der Waals surface area contributed by atoms with E-state index in [-0.39, 0.29) is 31.3 Å². The van der Waals surface area contributed by atoms with Gasteiger partial charge in [0.05, 0.1) is 6.54 Å². The monoisotopic (exact) mass is 553 g/mol. The second-order valence-corrected chi connectivity index (χ2v) is 8.89. The lowest BCUT2D eigenvalue weighted by Crippen LogP contribution is -2.55. The fraction of sp³-hybridized carbons (Fsp3) is 0.690. The van der Waals surface area contributed by atoms with E-state index in [0.29, 0.717) is 19.4 Å². The van der Waals surface area contributed by atoms with Crippen LogP contribution in [0.2, 0.25) is 0 Å². The van der Waals surface area contributed by atoms with Crippen LogP contribution >= 0.6 is 0 Å². The molecule has 0 rings (SSSR count). The van der Waals surface area contributed by atoms with Gasteiger partial charge in [-0.3, -0.25) is 19.2 Å². The van der Waals surface area contributed by atoms with E-state index < -0.39 is 29.2 Å². The van der Waals surface area contributed by atoms with Gasteiger partial charge in [-0.2, -0.15) is 0 Å². The lowest BCUT2D eigenvalue weighted by atomic mass is 9.86. The van der Waals surface area contributed by atoms with E-state index in [0.717, 1.165) is 12.8 Å². The first-order chi connectivity index (χ1) is 18.3. The van der Waals surface area contributed by atoms with Crippen molar-refractivity contribution in [3.8, 4) is 12.3 Å². The van der Waals surface area contributed by atoms with Crippen molar-refractivity contribution in [2.24, 2.45) is 5.41 Å². The maximum Gasteiger partial charge on any atom is 0.315 e. The third-order valence-corrected chi connectivity index (χ3v) is 4.64. The quantitative estimate of drug-likeness (QED) is 0.120. The van der Waals surface area contributed by atoms with Gasteiger partial charge in [0, 0.05) is 40.0 Å². The Morgan fingerprint density at radius 2 is 1.59 bits per heavy atom. The van der Waals surface area contributed by atoms with Crippen LogP contribution in [0.3, 0.4) is 0 Å². The zero-order valence-electron chi connectivity index (χ0n) is 26.1. The highest BCUT2D eigenvalue weighted by Crippen LogP contribution is 2.21. The van der Waals surface area contributed by atoms with Crippen LogP contribution in [0.25, 0.3) is 0 Å². The summed E-state index contributed by atoms with van der Waals surface area (Å²) in [6.45, 7) is 19.3. The Morgan fingerprint density at radius 3 is 2.00 bits per heavy atom. The first-order valence-corrected chi connectivity index (χ1v) is 13.7. The summed E-state index contributed by atoms with van der Waals surface area (Å²) >= 11 is 0. The van der Waals surface area contributed by atoms with Gasteiger partial charge in [-0.15, -0.1) is 18.9 Å². The minimum Gasteiger partial charge on any atom is -0.348 e. The van der Waals surface area contributed by atoms with Gasteiger partial charge in [0.25, 0.3) is 5.91 Å². The van der Waals surface area contributed by atoms with E-state index in [1.165, 1.54) is 18.0 Å². The normalized spacial score (nSPS) is 10.1. The number of hydrogen-bond donors (Lipinski definition) is 4. The van der Waals surface area contributed by atoms with Crippen LogP contribution in [0.15, 0.2) is 12.7 Å². The highest BCUT2D eigenvalue weighted by atomic mass is 16.2. The molecule has 10 nitrogen and oxygen atoms in total. The highest BCUT2D eigenvalue weighted by molar-refractivity contribution is 6.37. The summed E-state index contributed by atoms with van der Waals surface area (Å²) in [5.41, 5.74) is -0.470. The molecule has 226 valence electrons. The van der Waals surface area contributed by atoms with Crippen LogP contribution in [0.1, 0.15) is 87.5 Å². The first-order valence-electron chi connectivity index (χ1n) is 13.7. The molecular formula is C29H55N5O5. The van der Waals surface area contributed by atoms with Gasteiger partial charge in [-0.05, 0) is 24.7 Å². The third kappa shape index (κ3) is 24.7. The van der Waals surface area contributed by atoms with Gasteiger partial charge in [-0.1, -0.05) is 61.5 Å². The van der Waals surface area contributed by atoms with E-state index in [1.54, 1.807) is 7.05 Å². The van der Waals surface area contributed by atoms with Crippen molar-refractivity contribution in [1.82, 2.24) is 26.2 Å². The van der Waals surface area contributed by atoms with E-state index >= 15 is 0 Å². The molecule has 0 aliphatic rings. The predicted octanol–water partition coefficient (Wildman–Crippen LogP) is 3.42. The molecule has 39 heavy (non-hydrogen) atoms. The number of unbranched alkanes of at least 4 members (excludes halogenated alkanes) is 2. The zero-order valence-corrected chi connectivity index (χ0v) is 26.1. The number of terminal acetylenes is 1. The molecule has 1 atom stereocenters. The summed E-state index contributed by atoms with van der Waals surface area (Å²) in [4.78, 5) is 60.6. The Morgan fingerprint density at radius 1 is 1.03 bits per heavy atom. The Kier molecular flexibility index (Phi) is 30.3. The Labute approximate surface area is 237 Å². The van der Waals surface area contributed by atoms with Crippen LogP contribution in [-0.2, 0) is 19.2 Å². The number of nitrogens with one attached hydrogen (secondary N) is 4. The molecule has 0 aliphatic heterocycles. The number of carbonyl (C=O) groups is 5. The number of likely N-dealkylation sites (N-methyl/N-ethyl adjacent to an activating group) is 1. The maximum atomic E-state index is 12.7. The lowest BCUT2D eigenvalue weighted by Gasteiger charge is -2.33. The molecule has 0 radical (unpaired) electrons. The Bertz CT molecular complexity index is 754. The second-order valence-electron chi connectivity index (χ2n) is 8.89. The molecule has 0 fully saturated rings. The van der Waals surface area contributed by atoms with Gasteiger partial charge >= 0.3 is 6.03 Å². The molecule has 0 bridgehead atoms. The number of urea groups is 1. The molecule has 4 N–H and O–H groups in total. The maximum absolute atomic E-state index is 12.7. The van der Waals surface area contributed by atoms with E-state index in [4.69, 9.17) is 6.42 Å². The fourth-order valence-corrected chi connectivity index (χ4v) is 2.57. The second kappa shape index (κ2) is 27.7. The average molecular weight is 554 g/mol. The smallest absolute Gasteiger partial charge is 0.315 e. The van der Waals surface area contributed by atoms with Crippen molar-refractivity contribution >= 4 is 29.5 Å². The first kappa shape index (κ1) is 42.7. The van der Waals surface area contributed by atoms with Gasteiger partial charge in [0.2, 0.25) is 17.6 Å². The standard InChI is InChI=1S/C20H35N5O5.C5H8.2C2H6/c1-7-11-22-17(28)14(26)13-23-15(27)10-8-9-12-25(6)18(29)16(20(2,3)4)24-19(30)21-5;1-3-5-4-2;2*1-2/h7,16H,1,8-13H2,2-6H3,(H,22,28)(H,23,27)(H2,21,24,30);1H,4-5H2,2H3;2*1-2H3. The highest BCUT2D eigenvalue weighted by Gasteiger charge is 2.34. The Balaban J connectivity index is -0.000000594. The zero-order chi connectivity index (χ0) is 31.4. The van der Waals surface area contributed by atoms with Gasteiger partial charge in [0.15, 0.2) is 0 Å². The topological polar surface area (TPSA) is 137 Å². The molecule has 0 aromatic rings. The molecule has 0 aromatic heterocycles. The number of rotatable bonds is 13. The summed E-state index contributed by atoms with van der Waals surface area (Å²) < 4.78 is 0. The van der Waals surface area contributed by atoms with Crippen molar-refractivity contribution in [3.63, 3.8) is 0 Å². The lowest BCUT2D eigenvalue weighted by molar-refractivity contribution is -0.137. The molecular weight excluding hydrogens is 498 g/mol. The van der Waals surface area contributed by atoms with E-state index in [1.807, 2.05) is 48.5 Å². The summed E-state index contributed by atoms with van der Waals surface area (Å²) in [7, 11) is 3.13.